The Morgan fingerprint density at radius 1 is 0.293 bits per heavy atom. The molecule has 20 heteroatoms. The number of rotatable bonds is 29. The molecule has 13 aromatic rings. The SMILES string of the molecule is CC(I)C(=O)OC(Oc1ccc([S+](c2ccccc2)c2ccccc2)cc1)C1CCC1.CC(I)C(=O)OC(Oc1ccc([S+](c2ccccc2)c2ccccc2)cc1)C1CCCC1.CC(I)C(=O)OC(Oc1ccc([S+](c2ccccc2)c2ccccc2)cc1)C1CCCCC1.CC(I)C(=O)OCOc1ccc(-[s+]2c3ccccc3c3ccccc32)cc1. The third-order valence-corrected chi connectivity index (χ3v) is 32.2. The molecular weight excluding hydrogens is 2070 g/mol. The topological polar surface area (TPSA) is 142 Å². The normalized spacial score (nSPS) is 15.1. The molecule has 0 aliphatic heterocycles. The third-order valence-electron chi connectivity index (χ3n) is 21.1. The highest BCUT2D eigenvalue weighted by atomic mass is 127. The first-order chi connectivity index (χ1) is 60.0. The fourth-order valence-corrected chi connectivity index (χ4v) is 23.8. The van der Waals surface area contributed by atoms with E-state index in [1.54, 1.807) is 6.92 Å². The van der Waals surface area contributed by atoms with Crippen LogP contribution in [0, 0.1) is 17.8 Å². The van der Waals surface area contributed by atoms with Gasteiger partial charge in [-0.05, 0) is 248 Å². The first-order valence-electron chi connectivity index (χ1n) is 41.8. The van der Waals surface area contributed by atoms with Crippen molar-refractivity contribution in [3.63, 3.8) is 0 Å². The molecule has 3 saturated carbocycles. The Balaban J connectivity index is 0.000000141. The van der Waals surface area contributed by atoms with E-state index < -0.39 is 18.9 Å². The minimum absolute atomic E-state index is 0.0666. The van der Waals surface area contributed by atoms with Crippen molar-refractivity contribution in [2.24, 2.45) is 17.8 Å². The lowest BCUT2D eigenvalue weighted by Crippen LogP contribution is -2.37. The molecule has 3 aliphatic rings. The molecule has 634 valence electrons. The van der Waals surface area contributed by atoms with Gasteiger partial charge < -0.3 is 37.9 Å². The van der Waals surface area contributed by atoms with E-state index in [2.05, 4.69) is 323 Å². The van der Waals surface area contributed by atoms with Crippen LogP contribution in [0.25, 0.3) is 25.1 Å². The minimum atomic E-state index is -0.526. The maximum atomic E-state index is 12.3. The number of hydrogen-bond donors (Lipinski definition) is 0. The van der Waals surface area contributed by atoms with Gasteiger partial charge in [-0.15, -0.1) is 0 Å². The van der Waals surface area contributed by atoms with Crippen LogP contribution in [0.5, 0.6) is 23.0 Å². The van der Waals surface area contributed by atoms with E-state index in [1.807, 2.05) is 116 Å². The van der Waals surface area contributed by atoms with Crippen LogP contribution in [-0.4, -0.2) is 65.2 Å². The largest absolute Gasteiger partial charge is 0.457 e. The zero-order valence-corrected chi connectivity index (χ0v) is 81.1. The maximum Gasteiger partial charge on any atom is 0.321 e. The van der Waals surface area contributed by atoms with Gasteiger partial charge in [-0.3, -0.25) is 19.2 Å². The summed E-state index contributed by atoms with van der Waals surface area (Å²) >= 11 is 8.29. The van der Waals surface area contributed by atoms with Crippen LogP contribution in [-0.2, 0) is 70.8 Å². The average molecular weight is 2170 g/mol. The molecule has 16 rings (SSSR count). The quantitative estimate of drug-likeness (QED) is 0.0110. The molecule has 0 spiro atoms. The number of hydrogen-bond acceptors (Lipinski definition) is 12. The summed E-state index contributed by atoms with van der Waals surface area (Å²) in [6, 6.07) is 114. The third kappa shape index (κ3) is 26.3. The number of carbonyl (C=O) groups is 4. The Hall–Kier alpha value is -8.09. The van der Waals surface area contributed by atoms with Gasteiger partial charge in [0.1, 0.15) is 38.7 Å². The maximum absolute atomic E-state index is 12.3. The van der Waals surface area contributed by atoms with E-state index in [1.165, 1.54) is 75.5 Å². The Bertz CT molecular complexity index is 5250. The van der Waals surface area contributed by atoms with Gasteiger partial charge in [-0.2, -0.15) is 0 Å². The Morgan fingerprint density at radius 2 is 0.537 bits per heavy atom. The summed E-state index contributed by atoms with van der Waals surface area (Å²) < 4.78 is 48.4. The predicted octanol–water partition coefficient (Wildman–Crippen LogP) is 27.6. The van der Waals surface area contributed by atoms with Crippen LogP contribution in [0.2, 0.25) is 0 Å². The number of fused-ring (bicyclic) bond motifs is 3. The van der Waals surface area contributed by atoms with E-state index in [0.29, 0.717) is 5.75 Å². The first-order valence-corrected chi connectivity index (χ1v) is 51.7. The molecule has 0 bridgehead atoms. The van der Waals surface area contributed by atoms with Crippen molar-refractivity contribution < 1.29 is 57.1 Å². The van der Waals surface area contributed by atoms with Crippen molar-refractivity contribution in [1.82, 2.24) is 0 Å². The van der Waals surface area contributed by atoms with Gasteiger partial charge in [0.25, 0.3) is 0 Å². The second-order valence-corrected chi connectivity index (χ2v) is 45.6. The molecular formula is C103H102I4O12S4+4. The standard InChI is InChI=1S/C28H30IO3S.C27H28IO3S.C26H26IO3S.C22H18IO3S/c1-21(29)27(30)32-28(22-11-5-2-6-12-22)31-23-17-19-26(20-18-23)33(24-13-7-3-8-14-24)25-15-9-4-10-16-25;1-20(28)26(29)31-27(21-10-8-9-11-21)30-22-16-18-25(19-17-22)32(23-12-4-2-5-13-23)24-14-6-3-7-15-24;1-19(27)25(28)30-26(20-9-8-10-20)29-21-15-17-24(18-16-21)31(22-11-4-2-5-12-22)23-13-6-3-7-14-23;1-15(23)22(24)26-14-25-16-10-12-17(13-11-16)27-20-8-4-2-6-18(20)19-7-3-5-9-21(19)27/h3-4,7-10,13-22,28H,2,5-6,11-12H2,1H3;2-7,12-21,27H,8-11H2,1H3;2-7,11-20,26H,8-10H2,1H3;2-13,15H,14H2,1H3/q4*+1. The molecule has 123 heavy (non-hydrogen) atoms. The summed E-state index contributed by atoms with van der Waals surface area (Å²) in [7, 11) is -0.694. The van der Waals surface area contributed by atoms with Gasteiger partial charge >= 0.3 is 23.9 Å². The van der Waals surface area contributed by atoms with Crippen molar-refractivity contribution in [3.05, 3.63) is 328 Å². The van der Waals surface area contributed by atoms with Crippen molar-refractivity contribution in [1.29, 1.82) is 0 Å². The Labute approximate surface area is 789 Å². The van der Waals surface area contributed by atoms with Gasteiger partial charge in [0.2, 0.25) is 25.7 Å². The van der Waals surface area contributed by atoms with Gasteiger partial charge in [-0.25, -0.2) is 0 Å². The van der Waals surface area contributed by atoms with Crippen molar-refractivity contribution in [2.45, 2.75) is 183 Å². The van der Waals surface area contributed by atoms with Crippen LogP contribution < -0.4 is 18.9 Å². The second kappa shape index (κ2) is 47.5. The summed E-state index contributed by atoms with van der Waals surface area (Å²) in [5.74, 6) is 2.79. The fourth-order valence-electron chi connectivity index (χ4n) is 14.6. The molecule has 1 aromatic heterocycles. The molecule has 3 aliphatic carbocycles. The van der Waals surface area contributed by atoms with Crippen LogP contribution >= 0.6 is 101 Å². The monoisotopic (exact) mass is 2170 g/mol. The highest BCUT2D eigenvalue weighted by Crippen LogP contribution is 2.49. The van der Waals surface area contributed by atoms with Crippen LogP contribution in [0.3, 0.4) is 0 Å². The number of carbonyl (C=O) groups excluding carboxylic acids is 4. The molecule has 1 heterocycles. The molecule has 7 unspecified atom stereocenters. The molecule has 12 aromatic carbocycles. The Morgan fingerprint density at radius 3 is 0.805 bits per heavy atom. The second-order valence-electron chi connectivity index (χ2n) is 30.1. The molecule has 0 saturated heterocycles. The molecule has 0 amide bonds. The van der Waals surface area contributed by atoms with Gasteiger partial charge in [0.15, 0.2) is 58.4 Å². The molecule has 0 radical (unpaired) electrons. The molecule has 0 N–H and O–H groups in total. The minimum Gasteiger partial charge on any atom is -0.457 e. The lowest BCUT2D eigenvalue weighted by molar-refractivity contribution is -0.175. The lowest BCUT2D eigenvalue weighted by atomic mass is 9.85. The zero-order chi connectivity index (χ0) is 85.8. The molecule has 12 nitrogen and oxygen atoms in total. The summed E-state index contributed by atoms with van der Waals surface area (Å²) in [4.78, 5) is 60.8. The van der Waals surface area contributed by atoms with Crippen LogP contribution in [0.15, 0.2) is 372 Å². The van der Waals surface area contributed by atoms with Crippen molar-refractivity contribution in [2.75, 3.05) is 6.79 Å². The van der Waals surface area contributed by atoms with Crippen LogP contribution in [0.4, 0.5) is 0 Å². The lowest BCUT2D eigenvalue weighted by Gasteiger charge is -2.33. The number of thiophene rings is 1. The highest BCUT2D eigenvalue weighted by Gasteiger charge is 2.38. The van der Waals surface area contributed by atoms with Crippen LogP contribution in [0.1, 0.15) is 105 Å². The summed E-state index contributed by atoms with van der Waals surface area (Å²) in [6.45, 7) is 7.25. The number of esters is 4. The van der Waals surface area contributed by atoms with Gasteiger partial charge in [0.05, 0.1) is 32.7 Å². The van der Waals surface area contributed by atoms with E-state index in [9.17, 15) is 19.2 Å². The summed E-state index contributed by atoms with van der Waals surface area (Å²) in [5.41, 5.74) is 0. The Kier molecular flexibility index (Phi) is 35.7. The number of halogens is 4. The number of ether oxygens (including phenoxy) is 8. The van der Waals surface area contributed by atoms with Gasteiger partial charge in [-0.1, -0.05) is 262 Å². The highest BCUT2D eigenvalue weighted by molar-refractivity contribution is 14.1. The van der Waals surface area contributed by atoms with E-state index >= 15 is 0 Å². The fraction of sp³-hybridized carbons (Fsp3) is 0.262. The number of alkyl halides is 4. The zero-order valence-electron chi connectivity index (χ0n) is 69.2. The smallest absolute Gasteiger partial charge is 0.321 e. The van der Waals surface area contributed by atoms with E-state index in [0.717, 1.165) is 87.9 Å². The van der Waals surface area contributed by atoms with E-state index in [-0.39, 0.29) is 107 Å². The van der Waals surface area contributed by atoms with Gasteiger partial charge in [0, 0.05) is 51.1 Å². The summed E-state index contributed by atoms with van der Waals surface area (Å²) in [5, 5.41) is 2.63. The van der Waals surface area contributed by atoms with Crippen molar-refractivity contribution >= 4 is 178 Å². The molecule has 3 fully saturated rings. The summed E-state index contributed by atoms with van der Waals surface area (Å²) in [6.07, 6.45) is 11.7. The number of benzene rings is 12. The van der Waals surface area contributed by atoms with E-state index in [4.69, 9.17) is 37.9 Å². The van der Waals surface area contributed by atoms with Crippen molar-refractivity contribution in [3.8, 4) is 27.9 Å². The first kappa shape index (κ1) is 92.6. The predicted molar refractivity (Wildman–Crippen MR) is 533 cm³/mol. The average Bonchev–Trinajstić information content (AvgIpc) is 1.59. The molecule has 7 atom stereocenters.